The molecule has 0 saturated carbocycles. The van der Waals surface area contributed by atoms with Crippen LogP contribution in [-0.2, 0) is 57.2 Å². The third kappa shape index (κ3) is 52.5. The maximum atomic E-state index is 13.4. The van der Waals surface area contributed by atoms with Crippen LogP contribution in [0.15, 0.2) is 0 Å². The molecule has 1 aliphatic heterocycles. The number of aldehydes is 1. The fourth-order valence-corrected chi connectivity index (χ4v) is 8.15. The lowest BCUT2D eigenvalue weighted by Crippen LogP contribution is -2.45. The Balaban J connectivity index is -0.00000166. The number of likely N-dealkylation sites (tertiary alicyclic amines) is 1. The zero-order chi connectivity index (χ0) is 53.2. The Kier molecular flexibility index (Phi) is 59.5. The van der Waals surface area contributed by atoms with Gasteiger partial charge < -0.3 is 43.6 Å². The lowest BCUT2D eigenvalue weighted by Gasteiger charge is -2.30. The minimum Gasteiger partial charge on any atom is -0.483 e. The summed E-state index contributed by atoms with van der Waals surface area (Å²) in [6.45, 7) is 11.6. The largest absolute Gasteiger partial charge is 0.483 e. The molecule has 1 unspecified atom stereocenters. The van der Waals surface area contributed by atoms with Crippen LogP contribution in [0.2, 0.25) is 0 Å². The fourth-order valence-electron chi connectivity index (χ4n) is 8.15. The molecule has 418 valence electrons. The highest BCUT2D eigenvalue weighted by Crippen LogP contribution is 2.27. The van der Waals surface area contributed by atoms with Gasteiger partial charge in [-0.15, -0.1) is 0 Å². The van der Waals surface area contributed by atoms with Crippen molar-refractivity contribution in [3.8, 4) is 0 Å². The first-order chi connectivity index (χ1) is 34.6. The maximum Gasteiger partial charge on any atom is 0.351 e. The topological polar surface area (TPSA) is 209 Å². The van der Waals surface area contributed by atoms with E-state index in [-0.39, 0.29) is 50.8 Å². The predicted molar refractivity (Wildman–Crippen MR) is 281 cm³/mol. The number of rotatable bonds is 46. The van der Waals surface area contributed by atoms with E-state index in [4.69, 9.17) is 43.5 Å². The van der Waals surface area contributed by atoms with Crippen molar-refractivity contribution >= 4 is 43.1 Å². The van der Waals surface area contributed by atoms with Gasteiger partial charge in [-0.3, -0.25) is 24.0 Å². The van der Waals surface area contributed by atoms with E-state index in [9.17, 15) is 24.0 Å². The van der Waals surface area contributed by atoms with E-state index in [1.807, 2.05) is 0 Å². The lowest BCUT2D eigenvalue weighted by molar-refractivity contribution is -0.185. The molecule has 1 rings (SSSR count). The highest BCUT2D eigenvalue weighted by atomic mass is 16.6. The average Bonchev–Trinajstić information content (AvgIpc) is 3.88. The van der Waals surface area contributed by atoms with E-state index in [1.54, 1.807) is 7.11 Å². The maximum absolute atomic E-state index is 13.4. The number of ether oxygens (including phenoxy) is 5. The first kappa shape index (κ1) is 71.7. The number of nitrogens with zero attached hydrogens (tertiary/aromatic N) is 1. The standard InChI is InChI=1S/C40H73NO7.C14H28O3.2CH2O2/c1-3-5-7-9-10-11-12-13-16-26-36-47-39(45)40(30-34-42,48-38(44)28-20-18-22-31-41-32-23-24-33-41)29-21-15-14-17-25-35-46-37(43)27-19-8-6-4-2;1-3-4-5-8-11-14(15)17-13-10-7-6-9-12-16-2;2*2-1-3/h34H,3-33,35-36H2,1-2H3;3-13H2,1-2H3;2*1H,(H,2,3). The number of carbonyl (C=O) groups is 7. The Hall–Kier alpha value is -3.59. The number of methoxy groups -OCH3 is 1. The van der Waals surface area contributed by atoms with Gasteiger partial charge in [-0.2, -0.15) is 0 Å². The van der Waals surface area contributed by atoms with Crippen LogP contribution in [0, 0.1) is 0 Å². The molecule has 15 nitrogen and oxygen atoms in total. The Bertz CT molecular complexity index is 1210. The smallest absolute Gasteiger partial charge is 0.351 e. The molecule has 0 aromatic carbocycles. The summed E-state index contributed by atoms with van der Waals surface area (Å²) in [5.74, 6) is -1.16. The quantitative estimate of drug-likeness (QED) is 0.0251. The Morgan fingerprint density at radius 3 is 1.24 bits per heavy atom. The predicted octanol–water partition coefficient (Wildman–Crippen LogP) is 12.9. The molecule has 1 heterocycles. The minimum absolute atomic E-state index is 0.0296. The average molecular weight is 1020 g/mol. The van der Waals surface area contributed by atoms with E-state index in [0.717, 1.165) is 135 Å². The van der Waals surface area contributed by atoms with Gasteiger partial charge in [-0.05, 0) is 103 Å². The van der Waals surface area contributed by atoms with Crippen molar-refractivity contribution in [2.45, 2.75) is 264 Å². The van der Waals surface area contributed by atoms with Crippen LogP contribution in [0.4, 0.5) is 0 Å². The molecule has 15 heteroatoms. The SMILES string of the molecule is CCCCCCC(=O)OCCCCCCOC.CCCCCCCCCCCCOC(=O)C(CC=O)(CCCCCCCOC(=O)CCCCCC)OC(=O)CCCCCN1CCCC1.O=CO.O=CO. The van der Waals surface area contributed by atoms with Gasteiger partial charge >= 0.3 is 23.9 Å². The Labute approximate surface area is 431 Å². The van der Waals surface area contributed by atoms with Gasteiger partial charge in [0.2, 0.25) is 5.60 Å². The monoisotopic (exact) mass is 1020 g/mol. The molecular weight excluding hydrogens is 911 g/mol. The van der Waals surface area contributed by atoms with Gasteiger partial charge in [0.15, 0.2) is 0 Å². The van der Waals surface area contributed by atoms with E-state index < -0.39 is 17.5 Å². The van der Waals surface area contributed by atoms with Crippen molar-refractivity contribution < 1.29 is 67.5 Å². The number of unbranched alkanes of at least 4 members (excludes halogenated alkanes) is 24. The lowest BCUT2D eigenvalue weighted by atomic mass is 9.92. The molecule has 1 aliphatic rings. The second-order valence-electron chi connectivity index (χ2n) is 18.7. The molecule has 0 aromatic rings. The van der Waals surface area contributed by atoms with Gasteiger partial charge in [-0.25, -0.2) is 4.79 Å². The summed E-state index contributed by atoms with van der Waals surface area (Å²) in [5.41, 5.74) is -1.56. The van der Waals surface area contributed by atoms with Crippen LogP contribution in [-0.4, -0.2) is 117 Å². The van der Waals surface area contributed by atoms with Gasteiger partial charge in [0.05, 0.1) is 26.2 Å². The molecule has 2 N–H and O–H groups in total. The van der Waals surface area contributed by atoms with Gasteiger partial charge in [0.1, 0.15) is 6.29 Å². The summed E-state index contributed by atoms with van der Waals surface area (Å²) in [6.07, 6.45) is 36.4. The van der Waals surface area contributed by atoms with Crippen LogP contribution >= 0.6 is 0 Å². The van der Waals surface area contributed by atoms with E-state index >= 15 is 0 Å². The number of carboxylic acid groups (broad SMARTS) is 2. The van der Waals surface area contributed by atoms with E-state index in [2.05, 4.69) is 25.7 Å². The molecule has 71 heavy (non-hydrogen) atoms. The molecule has 0 aromatic heterocycles. The molecule has 0 bridgehead atoms. The Morgan fingerprint density at radius 1 is 0.465 bits per heavy atom. The van der Waals surface area contributed by atoms with Gasteiger partial charge in [0, 0.05) is 33.0 Å². The van der Waals surface area contributed by atoms with Gasteiger partial charge in [0.25, 0.3) is 12.9 Å². The summed E-state index contributed by atoms with van der Waals surface area (Å²) < 4.78 is 27.0. The molecule has 1 saturated heterocycles. The van der Waals surface area contributed by atoms with Crippen molar-refractivity contribution in [1.82, 2.24) is 4.90 Å². The van der Waals surface area contributed by atoms with Crippen LogP contribution in [0.25, 0.3) is 0 Å². The zero-order valence-electron chi connectivity index (χ0n) is 45.6. The van der Waals surface area contributed by atoms with Crippen LogP contribution in [0.1, 0.15) is 258 Å². The minimum atomic E-state index is -1.56. The van der Waals surface area contributed by atoms with Crippen LogP contribution < -0.4 is 0 Å². The second-order valence-corrected chi connectivity index (χ2v) is 18.7. The molecule has 0 amide bonds. The molecule has 1 fully saturated rings. The normalized spacial score (nSPS) is 12.6. The van der Waals surface area contributed by atoms with Crippen LogP contribution in [0.3, 0.4) is 0 Å². The van der Waals surface area contributed by atoms with Crippen molar-refractivity contribution in [3.63, 3.8) is 0 Å². The van der Waals surface area contributed by atoms with Crippen molar-refractivity contribution in [1.29, 1.82) is 0 Å². The number of esters is 4. The summed E-state index contributed by atoms with van der Waals surface area (Å²) in [5, 5.41) is 13.8. The fraction of sp³-hybridized carbons (Fsp3) is 0.875. The second kappa shape index (κ2) is 59.0. The van der Waals surface area contributed by atoms with E-state index in [0.29, 0.717) is 45.2 Å². The summed E-state index contributed by atoms with van der Waals surface area (Å²) >= 11 is 0. The number of hydrogen-bond donors (Lipinski definition) is 2. The molecule has 0 aliphatic carbocycles. The third-order valence-electron chi connectivity index (χ3n) is 12.3. The van der Waals surface area contributed by atoms with Crippen molar-refractivity contribution in [2.24, 2.45) is 0 Å². The van der Waals surface area contributed by atoms with Crippen LogP contribution in [0.5, 0.6) is 0 Å². The third-order valence-corrected chi connectivity index (χ3v) is 12.3. The summed E-state index contributed by atoms with van der Waals surface area (Å²) in [7, 11) is 1.72. The molecule has 0 radical (unpaired) electrons. The highest BCUT2D eigenvalue weighted by molar-refractivity contribution is 5.86. The highest BCUT2D eigenvalue weighted by Gasteiger charge is 2.43. The molecular formula is C56H105NO14. The number of carbonyl (C=O) groups excluding carboxylic acids is 5. The number of hydrogen-bond acceptors (Lipinski definition) is 13. The van der Waals surface area contributed by atoms with Gasteiger partial charge in [-0.1, -0.05) is 149 Å². The van der Waals surface area contributed by atoms with Crippen molar-refractivity contribution in [2.75, 3.05) is 53.2 Å². The van der Waals surface area contributed by atoms with Crippen molar-refractivity contribution in [3.05, 3.63) is 0 Å². The first-order valence-electron chi connectivity index (χ1n) is 28.1. The summed E-state index contributed by atoms with van der Waals surface area (Å²) in [4.78, 5) is 80.6. The summed E-state index contributed by atoms with van der Waals surface area (Å²) in [6, 6.07) is 0. The van der Waals surface area contributed by atoms with E-state index in [1.165, 1.54) is 83.7 Å². The molecule has 1 atom stereocenters. The first-order valence-corrected chi connectivity index (χ1v) is 28.1. The zero-order valence-corrected chi connectivity index (χ0v) is 45.6. The Morgan fingerprint density at radius 2 is 0.817 bits per heavy atom. The molecule has 0 spiro atoms.